The van der Waals surface area contributed by atoms with Crippen molar-refractivity contribution in [3.05, 3.63) is 66.6 Å². The Balaban J connectivity index is 1.43. The first-order valence-electron chi connectivity index (χ1n) is 10.5. The summed E-state index contributed by atoms with van der Waals surface area (Å²) < 4.78 is 40.4. The Labute approximate surface area is 191 Å². The van der Waals surface area contributed by atoms with Gasteiger partial charge in [-0.15, -0.1) is 0 Å². The maximum absolute atomic E-state index is 13.1. The van der Waals surface area contributed by atoms with Crippen LogP contribution in [0.5, 0.6) is 0 Å². The van der Waals surface area contributed by atoms with Crippen LogP contribution in [0.3, 0.4) is 0 Å². The molecule has 0 saturated heterocycles. The number of hydrogen-bond donors (Lipinski definition) is 2. The third kappa shape index (κ3) is 5.52. The molecule has 0 spiro atoms. The zero-order chi connectivity index (χ0) is 23.4. The monoisotopic (exact) mass is 469 g/mol. The largest absolute Gasteiger partial charge is 0.340 e. The summed E-state index contributed by atoms with van der Waals surface area (Å²) in [5, 5.41) is 6.12. The van der Waals surface area contributed by atoms with Crippen LogP contribution in [-0.2, 0) is 14.8 Å². The second-order valence-electron chi connectivity index (χ2n) is 7.84. The quantitative estimate of drug-likeness (QED) is 0.533. The summed E-state index contributed by atoms with van der Waals surface area (Å²) in [6.07, 6.45) is 3.51. The summed E-state index contributed by atoms with van der Waals surface area (Å²) in [5.41, 5.74) is 1.31. The molecule has 0 radical (unpaired) electrons. The predicted molar refractivity (Wildman–Crippen MR) is 124 cm³/mol. The Morgan fingerprint density at radius 3 is 2.21 bits per heavy atom. The fourth-order valence-corrected chi connectivity index (χ4v) is 5.08. The Hall–Kier alpha value is -3.37. The highest BCUT2D eigenvalue weighted by atomic mass is 32.2. The van der Waals surface area contributed by atoms with Gasteiger partial charge in [0.1, 0.15) is 17.4 Å². The minimum absolute atomic E-state index is 0.171. The number of hydrogen-bond acceptors (Lipinski definition) is 7. The Bertz CT molecular complexity index is 1220. The van der Waals surface area contributed by atoms with Crippen molar-refractivity contribution in [3.63, 3.8) is 0 Å². The van der Waals surface area contributed by atoms with Crippen LogP contribution >= 0.6 is 0 Å². The van der Waals surface area contributed by atoms with Gasteiger partial charge in [-0.3, -0.25) is 4.79 Å². The standard InChI is InChI=1S/C23H24FN5O3S/c1-29(19-8-10-20(30)11-9-19)33(31,32)21-12-6-18(7-13-21)27-23-25-15-14-22(28-23)26-17-4-2-16(24)3-5-17/h2-7,12-15,19H,8-11H2,1H3,(H2,25,26,27,28). The Morgan fingerprint density at radius 1 is 0.939 bits per heavy atom. The van der Waals surface area contributed by atoms with E-state index in [-0.39, 0.29) is 22.5 Å². The number of ketones is 1. The summed E-state index contributed by atoms with van der Waals surface area (Å²) in [5.74, 6) is 0.704. The van der Waals surface area contributed by atoms with E-state index >= 15 is 0 Å². The number of sulfonamides is 1. The highest BCUT2D eigenvalue weighted by molar-refractivity contribution is 7.89. The van der Waals surface area contributed by atoms with Crippen molar-refractivity contribution in [2.24, 2.45) is 0 Å². The lowest BCUT2D eigenvalue weighted by Crippen LogP contribution is -2.39. The van der Waals surface area contributed by atoms with Crippen LogP contribution < -0.4 is 10.6 Å². The van der Waals surface area contributed by atoms with E-state index in [2.05, 4.69) is 20.6 Å². The first-order chi connectivity index (χ1) is 15.8. The van der Waals surface area contributed by atoms with E-state index in [1.54, 1.807) is 43.6 Å². The minimum atomic E-state index is -3.66. The van der Waals surface area contributed by atoms with E-state index in [1.165, 1.54) is 28.6 Å². The van der Waals surface area contributed by atoms with Crippen molar-refractivity contribution < 1.29 is 17.6 Å². The summed E-state index contributed by atoms with van der Waals surface area (Å²) in [7, 11) is -2.10. The zero-order valence-electron chi connectivity index (χ0n) is 18.0. The van der Waals surface area contributed by atoms with Gasteiger partial charge in [0, 0.05) is 43.5 Å². The number of nitrogens with zero attached hydrogens (tertiary/aromatic N) is 3. The van der Waals surface area contributed by atoms with E-state index in [0.29, 0.717) is 48.8 Å². The SMILES string of the molecule is CN(C1CCC(=O)CC1)S(=O)(=O)c1ccc(Nc2nccc(Nc3ccc(F)cc3)n2)cc1. The molecule has 172 valence electrons. The van der Waals surface area contributed by atoms with Gasteiger partial charge in [0.2, 0.25) is 16.0 Å². The molecule has 1 heterocycles. The number of Topliss-reactive ketones (excluding diaryl/α,β-unsaturated/α-hetero) is 1. The number of carbonyl (C=O) groups excluding carboxylic acids is 1. The van der Waals surface area contributed by atoms with Crippen LogP contribution in [0.4, 0.5) is 27.5 Å². The van der Waals surface area contributed by atoms with Crippen molar-refractivity contribution >= 4 is 38.9 Å². The van der Waals surface area contributed by atoms with Gasteiger partial charge in [-0.1, -0.05) is 0 Å². The molecule has 0 bridgehead atoms. The Kier molecular flexibility index (Phi) is 6.66. The van der Waals surface area contributed by atoms with Gasteiger partial charge in [0.15, 0.2) is 0 Å². The molecule has 3 aromatic rings. The fourth-order valence-electron chi connectivity index (χ4n) is 3.66. The number of rotatable bonds is 7. The van der Waals surface area contributed by atoms with Gasteiger partial charge in [-0.25, -0.2) is 17.8 Å². The zero-order valence-corrected chi connectivity index (χ0v) is 18.8. The maximum Gasteiger partial charge on any atom is 0.243 e. The molecule has 10 heteroatoms. The van der Waals surface area contributed by atoms with E-state index in [0.717, 1.165) is 0 Å². The molecule has 0 atom stereocenters. The van der Waals surface area contributed by atoms with E-state index in [4.69, 9.17) is 0 Å². The van der Waals surface area contributed by atoms with Crippen LogP contribution in [0.2, 0.25) is 0 Å². The summed E-state index contributed by atoms with van der Waals surface area (Å²) in [6.45, 7) is 0. The lowest BCUT2D eigenvalue weighted by Gasteiger charge is -2.29. The van der Waals surface area contributed by atoms with E-state index < -0.39 is 10.0 Å². The van der Waals surface area contributed by atoms with Crippen LogP contribution in [0.15, 0.2) is 65.7 Å². The number of anilines is 4. The molecule has 33 heavy (non-hydrogen) atoms. The van der Waals surface area contributed by atoms with Crippen molar-refractivity contribution in [1.82, 2.24) is 14.3 Å². The molecule has 1 aliphatic rings. The molecule has 8 nitrogen and oxygen atoms in total. The lowest BCUT2D eigenvalue weighted by molar-refractivity contribution is -0.120. The van der Waals surface area contributed by atoms with Crippen molar-refractivity contribution in [3.8, 4) is 0 Å². The molecule has 0 amide bonds. The first kappa shape index (κ1) is 22.8. The Morgan fingerprint density at radius 2 is 1.55 bits per heavy atom. The number of nitrogens with one attached hydrogen (secondary N) is 2. The molecular weight excluding hydrogens is 445 g/mol. The fraction of sp³-hybridized carbons (Fsp3) is 0.261. The van der Waals surface area contributed by atoms with Crippen LogP contribution in [-0.4, -0.2) is 41.6 Å². The van der Waals surface area contributed by atoms with Crippen LogP contribution in [0.25, 0.3) is 0 Å². The molecular formula is C23H24FN5O3S. The van der Waals surface area contributed by atoms with Gasteiger partial charge < -0.3 is 10.6 Å². The van der Waals surface area contributed by atoms with E-state index in [1.807, 2.05) is 0 Å². The van der Waals surface area contributed by atoms with Gasteiger partial charge in [-0.05, 0) is 67.4 Å². The summed E-state index contributed by atoms with van der Waals surface area (Å²) in [6, 6.07) is 13.8. The second-order valence-corrected chi connectivity index (χ2v) is 9.84. The van der Waals surface area contributed by atoms with Crippen molar-refractivity contribution in [2.75, 3.05) is 17.7 Å². The van der Waals surface area contributed by atoms with Crippen LogP contribution in [0.1, 0.15) is 25.7 Å². The third-order valence-corrected chi connectivity index (χ3v) is 7.51. The molecule has 2 aromatic carbocycles. The minimum Gasteiger partial charge on any atom is -0.340 e. The summed E-state index contributed by atoms with van der Waals surface area (Å²) in [4.78, 5) is 20.2. The second kappa shape index (κ2) is 9.63. The molecule has 0 aliphatic heterocycles. The molecule has 4 rings (SSSR count). The van der Waals surface area contributed by atoms with Gasteiger partial charge in [0.05, 0.1) is 4.90 Å². The number of carbonyl (C=O) groups is 1. The van der Waals surface area contributed by atoms with Crippen molar-refractivity contribution in [2.45, 2.75) is 36.6 Å². The number of halogens is 1. The van der Waals surface area contributed by atoms with Gasteiger partial charge in [0.25, 0.3) is 0 Å². The van der Waals surface area contributed by atoms with Crippen molar-refractivity contribution in [1.29, 1.82) is 0 Å². The third-order valence-electron chi connectivity index (χ3n) is 5.59. The van der Waals surface area contributed by atoms with E-state index in [9.17, 15) is 17.6 Å². The molecule has 1 saturated carbocycles. The molecule has 1 aromatic heterocycles. The average molecular weight is 470 g/mol. The smallest absolute Gasteiger partial charge is 0.243 e. The lowest BCUT2D eigenvalue weighted by atomic mass is 9.95. The highest BCUT2D eigenvalue weighted by Crippen LogP contribution is 2.26. The maximum atomic E-state index is 13.1. The highest BCUT2D eigenvalue weighted by Gasteiger charge is 2.30. The average Bonchev–Trinajstić information content (AvgIpc) is 2.81. The number of benzene rings is 2. The molecule has 0 unspecified atom stereocenters. The van der Waals surface area contributed by atoms with Gasteiger partial charge in [-0.2, -0.15) is 9.29 Å². The molecule has 2 N–H and O–H groups in total. The predicted octanol–water partition coefficient (Wildman–Crippen LogP) is 4.24. The normalized spacial score (nSPS) is 14.9. The summed E-state index contributed by atoms with van der Waals surface area (Å²) >= 11 is 0. The first-order valence-corrected chi connectivity index (χ1v) is 12.0. The van der Waals surface area contributed by atoms with Gasteiger partial charge >= 0.3 is 0 Å². The topological polar surface area (TPSA) is 104 Å². The van der Waals surface area contributed by atoms with Crippen LogP contribution in [0, 0.1) is 5.82 Å². The number of aromatic nitrogens is 2. The molecule has 1 fully saturated rings. The molecule has 1 aliphatic carbocycles.